The van der Waals surface area contributed by atoms with Crippen molar-refractivity contribution in [3.05, 3.63) is 59.8 Å². The van der Waals surface area contributed by atoms with E-state index < -0.39 is 44.8 Å². The predicted molar refractivity (Wildman–Crippen MR) is 131 cm³/mol. The highest BCUT2D eigenvalue weighted by molar-refractivity contribution is 7.92. The Morgan fingerprint density at radius 2 is 1.72 bits per heavy atom. The van der Waals surface area contributed by atoms with E-state index in [0.29, 0.717) is 26.5 Å². The Bertz CT molecular complexity index is 1570. The number of sulfonamides is 2. The number of ketones is 1. The van der Waals surface area contributed by atoms with Gasteiger partial charge in [-0.05, 0) is 43.2 Å². The molecular weight excluding hydrogens is 512 g/mol. The van der Waals surface area contributed by atoms with E-state index in [1.165, 1.54) is 24.3 Å². The number of alkyl halides is 2. The first-order valence-electron chi connectivity index (χ1n) is 11.5. The van der Waals surface area contributed by atoms with Crippen molar-refractivity contribution in [2.45, 2.75) is 42.5 Å². The van der Waals surface area contributed by atoms with Crippen molar-refractivity contribution < 1.29 is 30.4 Å². The van der Waals surface area contributed by atoms with Gasteiger partial charge in [-0.1, -0.05) is 25.0 Å². The van der Waals surface area contributed by atoms with Crippen LogP contribution in [-0.4, -0.2) is 56.8 Å². The van der Waals surface area contributed by atoms with Crippen LogP contribution in [0.4, 0.5) is 14.5 Å². The predicted octanol–water partition coefficient (Wildman–Crippen LogP) is 4.00. The first kappa shape index (κ1) is 24.8. The van der Waals surface area contributed by atoms with E-state index in [1.807, 2.05) is 4.57 Å². The molecule has 1 aliphatic heterocycles. The first-order chi connectivity index (χ1) is 16.8. The third-order valence-corrected chi connectivity index (χ3v) is 9.04. The van der Waals surface area contributed by atoms with E-state index in [2.05, 4.69) is 4.72 Å². The Labute approximate surface area is 208 Å². The summed E-state index contributed by atoms with van der Waals surface area (Å²) in [6.45, 7) is -1.77. The van der Waals surface area contributed by atoms with Crippen molar-refractivity contribution in [2.75, 3.05) is 24.1 Å². The van der Waals surface area contributed by atoms with Crippen LogP contribution in [0.3, 0.4) is 0 Å². The van der Waals surface area contributed by atoms with E-state index in [4.69, 9.17) is 0 Å². The van der Waals surface area contributed by atoms with Crippen LogP contribution < -0.4 is 4.72 Å². The summed E-state index contributed by atoms with van der Waals surface area (Å²) >= 11 is 0. The van der Waals surface area contributed by atoms with Gasteiger partial charge in [0, 0.05) is 28.8 Å². The zero-order chi connectivity index (χ0) is 25.9. The fourth-order valence-electron chi connectivity index (χ4n) is 4.94. The van der Waals surface area contributed by atoms with Gasteiger partial charge in [-0.25, -0.2) is 25.6 Å². The Kier molecular flexibility index (Phi) is 5.96. The van der Waals surface area contributed by atoms with Crippen molar-refractivity contribution in [3.63, 3.8) is 0 Å². The molecule has 0 bridgehead atoms. The summed E-state index contributed by atoms with van der Waals surface area (Å²) in [6.07, 6.45) is 6.74. The van der Waals surface area contributed by atoms with Gasteiger partial charge >= 0.3 is 0 Å². The zero-order valence-electron chi connectivity index (χ0n) is 19.4. The minimum Gasteiger partial charge on any atom is -0.344 e. The van der Waals surface area contributed by atoms with Gasteiger partial charge in [-0.2, -0.15) is 4.31 Å². The molecule has 0 unspecified atom stereocenters. The lowest BCUT2D eigenvalue weighted by molar-refractivity contribution is -0.0945. The summed E-state index contributed by atoms with van der Waals surface area (Å²) in [6, 6.07) is 10.5. The van der Waals surface area contributed by atoms with Crippen molar-refractivity contribution in [1.82, 2.24) is 8.87 Å². The van der Waals surface area contributed by atoms with Gasteiger partial charge in [0.05, 0.1) is 35.4 Å². The molecule has 0 spiro atoms. The molecule has 2 fully saturated rings. The highest BCUT2D eigenvalue weighted by atomic mass is 32.2. The molecule has 8 nitrogen and oxygen atoms in total. The molecule has 2 aromatic carbocycles. The molecule has 1 saturated heterocycles. The quantitative estimate of drug-likeness (QED) is 0.459. The molecule has 0 atom stereocenters. The third-order valence-electron chi connectivity index (χ3n) is 6.65. The molecule has 192 valence electrons. The molecule has 1 saturated carbocycles. The summed E-state index contributed by atoms with van der Waals surface area (Å²) in [4.78, 5) is 13.4. The lowest BCUT2D eigenvalue weighted by atomic mass is 10.0. The molecule has 12 heteroatoms. The number of carbonyl (C=O) groups excluding carboxylic acids is 1. The molecule has 1 aliphatic carbocycles. The van der Waals surface area contributed by atoms with E-state index in [9.17, 15) is 30.4 Å². The number of carbonyl (C=O) groups is 1. The van der Waals surface area contributed by atoms with Gasteiger partial charge in [0.25, 0.3) is 5.92 Å². The molecule has 36 heavy (non-hydrogen) atoms. The Morgan fingerprint density at radius 1 is 1.03 bits per heavy atom. The number of aromatic nitrogens is 1. The number of halogens is 2. The third kappa shape index (κ3) is 4.64. The van der Waals surface area contributed by atoms with Gasteiger partial charge in [0.15, 0.2) is 5.78 Å². The topological polar surface area (TPSA) is 106 Å². The lowest BCUT2D eigenvalue weighted by Crippen LogP contribution is -2.58. The van der Waals surface area contributed by atoms with E-state index >= 15 is 0 Å². The molecule has 0 amide bonds. The highest BCUT2D eigenvalue weighted by Gasteiger charge is 2.49. The average Bonchev–Trinajstić information content (AvgIpc) is 3.43. The largest absolute Gasteiger partial charge is 0.344 e. The number of hydrogen-bond donors (Lipinski definition) is 1. The SMILES string of the molecule is CS(=O)(=O)Nc1ccc2c(C(=O)c3cccc(S(=O)(=O)N4CC(F)(F)C4)c3)cn(C3CCCC3)c2c1. The average molecular weight is 538 g/mol. The fraction of sp³-hybridized carbons (Fsp3) is 0.375. The Balaban J connectivity index is 1.54. The molecule has 1 aromatic heterocycles. The summed E-state index contributed by atoms with van der Waals surface area (Å²) in [5, 5.41) is 0.613. The molecule has 1 N–H and O–H groups in total. The van der Waals surface area contributed by atoms with Crippen LogP contribution in [0.1, 0.15) is 47.6 Å². The molecular formula is C24H25F2N3O5S2. The standard InChI is InChI=1S/C24H25F2N3O5S2/c1-35(31,32)27-17-9-10-20-21(13-29(22(20)12-17)18-6-2-3-7-18)23(30)16-5-4-8-19(11-16)36(33,34)28-14-24(25,26)15-28/h4-5,8-13,18,27H,2-3,6-7,14-15H2,1H3. The lowest BCUT2D eigenvalue weighted by Gasteiger charge is -2.37. The normalized spacial score (nSPS) is 18.9. The van der Waals surface area contributed by atoms with Crippen molar-refractivity contribution in [3.8, 4) is 0 Å². The summed E-state index contributed by atoms with van der Waals surface area (Å²) < 4.78 is 80.7. The number of fused-ring (bicyclic) bond motifs is 1. The molecule has 2 aliphatic rings. The minimum atomic E-state index is -4.15. The number of benzene rings is 2. The first-order valence-corrected chi connectivity index (χ1v) is 14.8. The van der Waals surface area contributed by atoms with Crippen LogP contribution in [0, 0.1) is 0 Å². The molecule has 0 radical (unpaired) electrons. The molecule has 3 aromatic rings. The summed E-state index contributed by atoms with van der Waals surface area (Å²) in [5.41, 5.74) is 1.55. The van der Waals surface area contributed by atoms with Gasteiger partial charge < -0.3 is 4.57 Å². The highest BCUT2D eigenvalue weighted by Crippen LogP contribution is 2.37. The van der Waals surface area contributed by atoms with Gasteiger partial charge in [-0.15, -0.1) is 0 Å². The zero-order valence-corrected chi connectivity index (χ0v) is 21.1. The van der Waals surface area contributed by atoms with Crippen LogP contribution >= 0.6 is 0 Å². The van der Waals surface area contributed by atoms with Crippen molar-refractivity contribution in [1.29, 1.82) is 0 Å². The summed E-state index contributed by atoms with van der Waals surface area (Å²) in [5.74, 6) is -3.46. The maximum absolute atomic E-state index is 13.6. The van der Waals surface area contributed by atoms with Crippen LogP contribution in [0.2, 0.25) is 0 Å². The van der Waals surface area contributed by atoms with E-state index in [-0.39, 0.29) is 16.5 Å². The maximum Gasteiger partial charge on any atom is 0.275 e. The number of anilines is 1. The molecule has 5 rings (SSSR count). The van der Waals surface area contributed by atoms with Crippen LogP contribution in [-0.2, 0) is 20.0 Å². The van der Waals surface area contributed by atoms with Crippen LogP contribution in [0.5, 0.6) is 0 Å². The molecule has 2 heterocycles. The number of nitrogens with zero attached hydrogens (tertiary/aromatic N) is 2. The van der Waals surface area contributed by atoms with Gasteiger partial charge in [0.1, 0.15) is 0 Å². The van der Waals surface area contributed by atoms with Crippen LogP contribution in [0.25, 0.3) is 10.9 Å². The Morgan fingerprint density at radius 3 is 2.36 bits per heavy atom. The maximum atomic E-state index is 13.6. The second-order valence-corrected chi connectivity index (χ2v) is 13.2. The van der Waals surface area contributed by atoms with Gasteiger partial charge in [-0.3, -0.25) is 9.52 Å². The second kappa shape index (κ2) is 8.63. The monoisotopic (exact) mass is 537 g/mol. The minimum absolute atomic E-state index is 0.118. The Hall–Kier alpha value is -2.83. The van der Waals surface area contributed by atoms with E-state index in [1.54, 1.807) is 24.4 Å². The summed E-state index contributed by atoms with van der Waals surface area (Å²) in [7, 11) is -7.65. The van der Waals surface area contributed by atoms with E-state index in [0.717, 1.165) is 31.9 Å². The number of nitrogens with one attached hydrogen (secondary N) is 1. The number of rotatable bonds is 7. The van der Waals surface area contributed by atoms with Crippen molar-refractivity contribution in [2.24, 2.45) is 0 Å². The van der Waals surface area contributed by atoms with Gasteiger partial charge in [0.2, 0.25) is 20.0 Å². The van der Waals surface area contributed by atoms with Crippen LogP contribution in [0.15, 0.2) is 53.6 Å². The van der Waals surface area contributed by atoms with Crippen molar-refractivity contribution >= 4 is 42.4 Å². The second-order valence-electron chi connectivity index (χ2n) is 9.48. The fourth-order valence-corrected chi connectivity index (χ4v) is 7.03. The number of hydrogen-bond acceptors (Lipinski definition) is 5. The smallest absolute Gasteiger partial charge is 0.275 e.